The molecule has 1 nitrogen and oxygen atoms in total. The summed E-state index contributed by atoms with van der Waals surface area (Å²) in [7, 11) is 0. The summed E-state index contributed by atoms with van der Waals surface area (Å²) in [5, 5.41) is 4.45. The maximum atomic E-state index is 3.58. The fraction of sp³-hybridized carbons (Fsp3) is 0.667. The van der Waals surface area contributed by atoms with Crippen LogP contribution < -0.4 is 5.32 Å². The number of hydrogen-bond donors (Lipinski definition) is 1. The van der Waals surface area contributed by atoms with Crippen LogP contribution in [0.1, 0.15) is 28.2 Å². The van der Waals surface area contributed by atoms with E-state index >= 15 is 0 Å². The maximum absolute atomic E-state index is 3.58. The molecule has 0 radical (unpaired) electrons. The lowest BCUT2D eigenvalue weighted by atomic mass is 10.2. The number of hydrogen-bond acceptors (Lipinski definition) is 3. The molecule has 1 fully saturated rings. The van der Waals surface area contributed by atoms with E-state index in [-0.39, 0.29) is 0 Å². The van der Waals surface area contributed by atoms with Gasteiger partial charge in [-0.05, 0) is 44.1 Å². The summed E-state index contributed by atoms with van der Waals surface area (Å²) in [5.41, 5.74) is 1.49. The van der Waals surface area contributed by atoms with Crippen LogP contribution in [0.5, 0.6) is 0 Å². The molecule has 1 atom stereocenters. The second kappa shape index (κ2) is 5.37. The largest absolute Gasteiger partial charge is 0.312 e. The Labute approximate surface area is 101 Å². The molecule has 84 valence electrons. The van der Waals surface area contributed by atoms with E-state index < -0.39 is 0 Å². The fourth-order valence-corrected chi connectivity index (χ4v) is 4.21. The standard InChI is InChI=1S/C12H19NS2/c1-9-6-11(10(2)15-9)7-13-8-12-4-3-5-14-12/h6,12-13H,3-5,7-8H2,1-2H3. The zero-order valence-corrected chi connectivity index (χ0v) is 11.1. The molecule has 1 aromatic heterocycles. The Morgan fingerprint density at radius 1 is 1.47 bits per heavy atom. The summed E-state index contributed by atoms with van der Waals surface area (Å²) in [6, 6.07) is 2.31. The Bertz CT molecular complexity index is 313. The number of aryl methyl sites for hydroxylation is 2. The van der Waals surface area contributed by atoms with Gasteiger partial charge in [0.15, 0.2) is 0 Å². The third-order valence-electron chi connectivity index (χ3n) is 2.86. The van der Waals surface area contributed by atoms with Crippen molar-refractivity contribution in [3.63, 3.8) is 0 Å². The van der Waals surface area contributed by atoms with E-state index in [0.717, 1.165) is 11.8 Å². The van der Waals surface area contributed by atoms with Crippen molar-refractivity contribution < 1.29 is 0 Å². The van der Waals surface area contributed by atoms with Crippen LogP contribution in [0.2, 0.25) is 0 Å². The van der Waals surface area contributed by atoms with E-state index in [1.165, 1.54) is 40.5 Å². The second-order valence-electron chi connectivity index (χ2n) is 4.20. The smallest absolute Gasteiger partial charge is 0.0216 e. The molecule has 1 aliphatic rings. The summed E-state index contributed by atoms with van der Waals surface area (Å²) in [5.74, 6) is 1.36. The first-order valence-corrected chi connectivity index (χ1v) is 7.50. The van der Waals surface area contributed by atoms with Crippen molar-refractivity contribution in [3.05, 3.63) is 21.4 Å². The van der Waals surface area contributed by atoms with Gasteiger partial charge < -0.3 is 5.32 Å². The first-order valence-electron chi connectivity index (χ1n) is 5.64. The molecular weight excluding hydrogens is 222 g/mol. The molecule has 1 saturated heterocycles. The van der Waals surface area contributed by atoms with Crippen LogP contribution in [0.3, 0.4) is 0 Å². The van der Waals surface area contributed by atoms with Crippen molar-refractivity contribution >= 4 is 23.1 Å². The molecule has 0 spiro atoms. The van der Waals surface area contributed by atoms with E-state index in [1.54, 1.807) is 0 Å². The highest BCUT2D eigenvalue weighted by atomic mass is 32.2. The third-order valence-corrected chi connectivity index (χ3v) is 5.26. The Morgan fingerprint density at radius 3 is 2.93 bits per heavy atom. The highest BCUT2D eigenvalue weighted by molar-refractivity contribution is 8.00. The zero-order chi connectivity index (χ0) is 10.7. The Balaban J connectivity index is 1.75. The van der Waals surface area contributed by atoms with Crippen LogP contribution in [-0.2, 0) is 6.54 Å². The molecule has 1 N–H and O–H groups in total. The number of thioether (sulfide) groups is 1. The molecular formula is C12H19NS2. The molecule has 0 aliphatic carbocycles. The Morgan fingerprint density at radius 2 is 2.33 bits per heavy atom. The van der Waals surface area contributed by atoms with Crippen molar-refractivity contribution in [2.75, 3.05) is 12.3 Å². The van der Waals surface area contributed by atoms with Gasteiger partial charge in [-0.1, -0.05) is 0 Å². The predicted octanol–water partition coefficient (Wildman–Crippen LogP) is 3.35. The number of thiophene rings is 1. The average molecular weight is 241 g/mol. The van der Waals surface area contributed by atoms with E-state index in [9.17, 15) is 0 Å². The van der Waals surface area contributed by atoms with Gasteiger partial charge in [0.1, 0.15) is 0 Å². The lowest BCUT2D eigenvalue weighted by Gasteiger charge is -2.09. The van der Waals surface area contributed by atoms with Crippen molar-refractivity contribution in [3.8, 4) is 0 Å². The molecule has 1 unspecified atom stereocenters. The van der Waals surface area contributed by atoms with Crippen molar-refractivity contribution in [1.29, 1.82) is 0 Å². The number of nitrogens with one attached hydrogen (secondary N) is 1. The third kappa shape index (κ3) is 3.23. The van der Waals surface area contributed by atoms with Crippen LogP contribution in [0.4, 0.5) is 0 Å². The summed E-state index contributed by atoms with van der Waals surface area (Å²) >= 11 is 4.03. The van der Waals surface area contributed by atoms with Crippen LogP contribution in [0.25, 0.3) is 0 Å². The van der Waals surface area contributed by atoms with Gasteiger partial charge in [0, 0.05) is 28.1 Å². The van der Waals surface area contributed by atoms with Crippen molar-refractivity contribution in [2.24, 2.45) is 0 Å². The summed E-state index contributed by atoms with van der Waals surface area (Å²) in [4.78, 5) is 2.90. The van der Waals surface area contributed by atoms with Crippen molar-refractivity contribution in [1.82, 2.24) is 5.32 Å². The minimum Gasteiger partial charge on any atom is -0.312 e. The van der Waals surface area contributed by atoms with Gasteiger partial charge in [-0.2, -0.15) is 11.8 Å². The SMILES string of the molecule is Cc1cc(CNCC2CCCS2)c(C)s1. The molecule has 2 heterocycles. The normalized spacial score (nSPS) is 21.1. The zero-order valence-electron chi connectivity index (χ0n) is 9.51. The maximum Gasteiger partial charge on any atom is 0.0216 e. The molecule has 0 amide bonds. The Hall–Kier alpha value is 0.01000. The van der Waals surface area contributed by atoms with Gasteiger partial charge in [-0.15, -0.1) is 11.3 Å². The van der Waals surface area contributed by atoms with Gasteiger partial charge in [0.2, 0.25) is 0 Å². The molecule has 0 bridgehead atoms. The van der Waals surface area contributed by atoms with Gasteiger partial charge in [0.05, 0.1) is 0 Å². The van der Waals surface area contributed by atoms with E-state index in [4.69, 9.17) is 0 Å². The quantitative estimate of drug-likeness (QED) is 0.867. The molecule has 0 aromatic carbocycles. The molecule has 15 heavy (non-hydrogen) atoms. The highest BCUT2D eigenvalue weighted by Gasteiger charge is 2.14. The summed E-state index contributed by atoms with van der Waals surface area (Å²) < 4.78 is 0. The fourth-order valence-electron chi connectivity index (χ4n) is 2.03. The van der Waals surface area contributed by atoms with Gasteiger partial charge in [0.25, 0.3) is 0 Å². The molecule has 1 aliphatic heterocycles. The minimum absolute atomic E-state index is 0.866. The van der Waals surface area contributed by atoms with Gasteiger partial charge >= 0.3 is 0 Å². The average Bonchev–Trinajstić information content (AvgIpc) is 2.77. The van der Waals surface area contributed by atoms with Gasteiger partial charge in [-0.3, -0.25) is 0 Å². The molecule has 1 aromatic rings. The topological polar surface area (TPSA) is 12.0 Å². The first-order chi connectivity index (χ1) is 7.25. The van der Waals surface area contributed by atoms with E-state index in [0.29, 0.717) is 0 Å². The lowest BCUT2D eigenvalue weighted by molar-refractivity contribution is 0.645. The van der Waals surface area contributed by atoms with Crippen LogP contribution in [0, 0.1) is 13.8 Å². The van der Waals surface area contributed by atoms with Crippen LogP contribution >= 0.6 is 23.1 Å². The second-order valence-corrected chi connectivity index (χ2v) is 7.07. The number of rotatable bonds is 4. The summed E-state index contributed by atoms with van der Waals surface area (Å²) in [6.45, 7) is 6.64. The first kappa shape index (κ1) is 11.5. The van der Waals surface area contributed by atoms with Crippen molar-refractivity contribution in [2.45, 2.75) is 38.5 Å². The van der Waals surface area contributed by atoms with E-state index in [1.807, 2.05) is 11.3 Å². The van der Waals surface area contributed by atoms with Crippen LogP contribution in [0.15, 0.2) is 6.07 Å². The van der Waals surface area contributed by atoms with E-state index in [2.05, 4.69) is 37.0 Å². The minimum atomic E-state index is 0.866. The molecule has 0 saturated carbocycles. The summed E-state index contributed by atoms with van der Waals surface area (Å²) in [6.07, 6.45) is 2.81. The van der Waals surface area contributed by atoms with Gasteiger partial charge in [-0.25, -0.2) is 0 Å². The molecule has 3 heteroatoms. The monoisotopic (exact) mass is 241 g/mol. The Kier molecular flexibility index (Phi) is 4.12. The highest BCUT2D eigenvalue weighted by Crippen LogP contribution is 2.25. The predicted molar refractivity (Wildman–Crippen MR) is 71.0 cm³/mol. The molecule has 2 rings (SSSR count). The lowest BCUT2D eigenvalue weighted by Crippen LogP contribution is -2.22. The van der Waals surface area contributed by atoms with Crippen LogP contribution in [-0.4, -0.2) is 17.5 Å².